The van der Waals surface area contributed by atoms with Crippen molar-refractivity contribution in [3.05, 3.63) is 17.9 Å². The van der Waals surface area contributed by atoms with E-state index in [0.717, 1.165) is 0 Å². The van der Waals surface area contributed by atoms with E-state index in [1.807, 2.05) is 0 Å². The number of aliphatic hydroxyl groups is 2. The first-order valence-corrected chi connectivity index (χ1v) is 7.44. The second-order valence-corrected chi connectivity index (χ2v) is 5.91. The molecule has 2 fully saturated rings. The minimum Gasteiger partial charge on any atom is -0.756 e. The van der Waals surface area contributed by atoms with Gasteiger partial charge in [0.2, 0.25) is 5.91 Å². The molecule has 24 heavy (non-hydrogen) atoms. The number of hydrogen-bond donors (Lipinski definition) is 3. The fourth-order valence-corrected chi connectivity index (χ4v) is 2.76. The average Bonchev–Trinajstić information content (AvgIpc) is 3.27. The largest absolute Gasteiger partial charge is 0.756 e. The molecule has 4 rings (SSSR count). The molecule has 4 N–H and O–H groups in total. The van der Waals surface area contributed by atoms with Crippen molar-refractivity contribution < 1.29 is 19.7 Å². The number of nitrogen functional groups attached to an aromatic ring is 1. The van der Waals surface area contributed by atoms with Gasteiger partial charge in [-0.1, -0.05) is 0 Å². The van der Waals surface area contributed by atoms with Crippen molar-refractivity contribution >= 4 is 22.9 Å². The van der Waals surface area contributed by atoms with Crippen LogP contribution in [-0.2, 0) is 9.53 Å². The van der Waals surface area contributed by atoms with Crippen LogP contribution in [0.15, 0.2) is 12.7 Å². The van der Waals surface area contributed by atoms with Crippen molar-refractivity contribution in [2.45, 2.75) is 43.4 Å². The minimum absolute atomic E-state index is 0.152. The summed E-state index contributed by atoms with van der Waals surface area (Å²) >= 11 is 0. The lowest BCUT2D eigenvalue weighted by Crippen LogP contribution is -2.43. The zero-order valence-corrected chi connectivity index (χ0v) is 12.4. The van der Waals surface area contributed by atoms with Gasteiger partial charge in [-0.3, -0.25) is 9.36 Å². The zero-order chi connectivity index (χ0) is 17.0. The van der Waals surface area contributed by atoms with E-state index in [2.05, 4.69) is 15.0 Å². The van der Waals surface area contributed by atoms with E-state index in [0.29, 0.717) is 23.4 Å². The summed E-state index contributed by atoms with van der Waals surface area (Å²) in [5.41, 5.74) is 6.30. The Balaban J connectivity index is 1.64. The number of anilines is 1. The molecule has 1 saturated carbocycles. The monoisotopic (exact) mass is 335 g/mol. The molecule has 0 bridgehead atoms. The van der Waals surface area contributed by atoms with Crippen LogP contribution in [-0.4, -0.2) is 65.1 Å². The van der Waals surface area contributed by atoms with Gasteiger partial charge in [0.05, 0.1) is 6.33 Å². The highest BCUT2D eigenvalue weighted by molar-refractivity contribution is 5.83. The highest BCUT2D eigenvalue weighted by atomic mass is 16.6. The molecule has 11 heteroatoms. The van der Waals surface area contributed by atoms with E-state index < -0.39 is 30.4 Å². The number of nitrogens with two attached hydrogens (primary N) is 1. The van der Waals surface area contributed by atoms with E-state index in [4.69, 9.17) is 10.5 Å². The van der Waals surface area contributed by atoms with Gasteiger partial charge < -0.3 is 31.0 Å². The van der Waals surface area contributed by atoms with Crippen LogP contribution in [0.3, 0.4) is 0 Å². The number of aliphatic hydroxyl groups excluding tert-OH is 2. The number of aromatic nitrogens is 4. The van der Waals surface area contributed by atoms with Gasteiger partial charge in [0.15, 0.2) is 23.8 Å². The fraction of sp³-hybridized carbons (Fsp3) is 0.538. The lowest BCUT2D eigenvalue weighted by molar-refractivity contribution is -0.146. The number of nitrogens with zero attached hydrogens (tertiary/aromatic N) is 5. The summed E-state index contributed by atoms with van der Waals surface area (Å²) in [7, 11) is 0. The molecule has 0 spiro atoms. The standard InChI is InChI=1S/C13H15N6O5/c14-10-6-11(16-3-15-10)18(4-17-6)13-8(21)7(20)9(24-13)12(22)19(23)5-1-2-5/h3-5,7-9,13,20-21H,1-2H2,(H2,14,15,16)/q-1/t7-,8+,9-,13+/m0/s1. The van der Waals surface area contributed by atoms with Crippen LogP contribution in [0.5, 0.6) is 0 Å². The van der Waals surface area contributed by atoms with Gasteiger partial charge in [-0.15, -0.1) is 0 Å². The van der Waals surface area contributed by atoms with E-state index in [-0.39, 0.29) is 17.5 Å². The predicted molar refractivity (Wildman–Crippen MR) is 78.9 cm³/mol. The Morgan fingerprint density at radius 3 is 2.79 bits per heavy atom. The highest BCUT2D eigenvalue weighted by Gasteiger charge is 2.49. The molecule has 1 aliphatic carbocycles. The van der Waals surface area contributed by atoms with Crippen molar-refractivity contribution in [3.8, 4) is 0 Å². The number of fused-ring (bicyclic) bond motifs is 1. The summed E-state index contributed by atoms with van der Waals surface area (Å²) in [6.07, 6.45) is -1.73. The maximum atomic E-state index is 12.2. The normalized spacial score (nSPS) is 30.0. The Bertz CT molecular complexity index is 792. The number of hydrogen-bond acceptors (Lipinski definition) is 9. The van der Waals surface area contributed by atoms with Gasteiger partial charge in [0.1, 0.15) is 24.1 Å². The topological polar surface area (TPSA) is 163 Å². The van der Waals surface area contributed by atoms with Gasteiger partial charge in [-0.25, -0.2) is 15.0 Å². The lowest BCUT2D eigenvalue weighted by atomic mass is 10.1. The smallest absolute Gasteiger partial charge is 0.244 e. The highest BCUT2D eigenvalue weighted by Crippen LogP contribution is 2.34. The summed E-state index contributed by atoms with van der Waals surface area (Å²) < 4.78 is 6.82. The molecule has 128 valence electrons. The van der Waals surface area contributed by atoms with Crippen LogP contribution in [0.25, 0.3) is 11.2 Å². The van der Waals surface area contributed by atoms with Crippen LogP contribution in [0.4, 0.5) is 5.82 Å². The molecule has 0 radical (unpaired) electrons. The number of imidazole rings is 1. The molecule has 0 aromatic carbocycles. The Morgan fingerprint density at radius 1 is 1.33 bits per heavy atom. The number of hydroxylamine groups is 2. The number of carbonyl (C=O) groups is 1. The second kappa shape index (κ2) is 5.34. The summed E-state index contributed by atoms with van der Waals surface area (Å²) in [6, 6.07) is -0.369. The third-order valence-electron chi connectivity index (χ3n) is 4.24. The molecule has 1 amide bonds. The van der Waals surface area contributed by atoms with E-state index in [9.17, 15) is 20.2 Å². The average molecular weight is 335 g/mol. The molecular weight excluding hydrogens is 320 g/mol. The minimum atomic E-state index is -1.53. The van der Waals surface area contributed by atoms with Crippen molar-refractivity contribution in [1.29, 1.82) is 0 Å². The van der Waals surface area contributed by atoms with Gasteiger partial charge >= 0.3 is 0 Å². The Labute approximate surface area is 135 Å². The van der Waals surface area contributed by atoms with E-state index in [1.165, 1.54) is 17.2 Å². The van der Waals surface area contributed by atoms with Gasteiger partial charge in [0.25, 0.3) is 0 Å². The van der Waals surface area contributed by atoms with Crippen LogP contribution >= 0.6 is 0 Å². The first kappa shape index (κ1) is 15.2. The molecule has 2 aromatic rings. The van der Waals surface area contributed by atoms with Crippen molar-refractivity contribution in [2.75, 3.05) is 5.73 Å². The van der Waals surface area contributed by atoms with Gasteiger partial charge in [-0.2, -0.15) is 0 Å². The predicted octanol–water partition coefficient (Wildman–Crippen LogP) is -1.48. The van der Waals surface area contributed by atoms with Crippen molar-refractivity contribution in [2.24, 2.45) is 0 Å². The molecular formula is C13H15N6O5-. The molecule has 1 saturated heterocycles. The molecule has 0 unspecified atom stereocenters. The molecule has 4 atom stereocenters. The van der Waals surface area contributed by atoms with Crippen LogP contribution in [0, 0.1) is 5.21 Å². The second-order valence-electron chi connectivity index (χ2n) is 5.91. The lowest BCUT2D eigenvalue weighted by Gasteiger charge is -2.31. The first-order valence-electron chi connectivity index (χ1n) is 7.44. The number of rotatable bonds is 3. The van der Waals surface area contributed by atoms with Gasteiger partial charge in [-0.05, 0) is 12.8 Å². The van der Waals surface area contributed by atoms with Crippen LogP contribution < -0.4 is 5.73 Å². The third kappa shape index (κ3) is 2.21. The van der Waals surface area contributed by atoms with Gasteiger partial charge in [0, 0.05) is 6.04 Å². The molecule has 2 aliphatic rings. The van der Waals surface area contributed by atoms with Crippen molar-refractivity contribution in [1.82, 2.24) is 24.6 Å². The van der Waals surface area contributed by atoms with E-state index >= 15 is 0 Å². The summed E-state index contributed by atoms with van der Waals surface area (Å²) in [5.74, 6) is -0.746. The Morgan fingerprint density at radius 2 is 2.08 bits per heavy atom. The summed E-state index contributed by atoms with van der Waals surface area (Å²) in [5, 5.41) is 32.5. The van der Waals surface area contributed by atoms with E-state index in [1.54, 1.807) is 0 Å². The maximum Gasteiger partial charge on any atom is 0.244 e. The SMILES string of the molecule is Nc1ncnc2c1ncn2[C@@H]1O[C@H](C(=O)N([O-])C2CC2)[C@@H](O)[C@H]1O. The van der Waals surface area contributed by atoms with Crippen molar-refractivity contribution in [3.63, 3.8) is 0 Å². The maximum absolute atomic E-state index is 12.2. The Hall–Kier alpha value is -2.34. The third-order valence-corrected chi connectivity index (χ3v) is 4.24. The molecule has 2 aromatic heterocycles. The van der Waals surface area contributed by atoms with Crippen LogP contribution in [0.2, 0.25) is 0 Å². The Kier molecular flexibility index (Phi) is 3.38. The fourth-order valence-electron chi connectivity index (χ4n) is 2.76. The van der Waals surface area contributed by atoms with Crippen LogP contribution in [0.1, 0.15) is 19.1 Å². The first-order chi connectivity index (χ1) is 11.5. The quantitative estimate of drug-likeness (QED) is 0.567. The number of carbonyl (C=O) groups excluding carboxylic acids is 1. The molecule has 1 aliphatic heterocycles. The number of ether oxygens (including phenoxy) is 1. The molecule has 3 heterocycles. The summed E-state index contributed by atoms with van der Waals surface area (Å²) in [4.78, 5) is 24.0. The number of amides is 1. The molecule has 11 nitrogen and oxygen atoms in total. The summed E-state index contributed by atoms with van der Waals surface area (Å²) in [6.45, 7) is 0. The zero-order valence-electron chi connectivity index (χ0n) is 12.4.